The topological polar surface area (TPSA) is 119 Å². The fourth-order valence-electron chi connectivity index (χ4n) is 2.43. The van der Waals surface area contributed by atoms with Gasteiger partial charge < -0.3 is 25.3 Å². The Morgan fingerprint density at radius 2 is 2.26 bits per heavy atom. The lowest BCUT2D eigenvalue weighted by atomic mass is 10.00. The highest BCUT2D eigenvalue weighted by Gasteiger charge is 2.34. The van der Waals surface area contributed by atoms with Crippen molar-refractivity contribution >= 4 is 17.0 Å². The zero-order valence-corrected chi connectivity index (χ0v) is 10.2. The van der Waals surface area contributed by atoms with Crippen LogP contribution in [0.3, 0.4) is 0 Å². The van der Waals surface area contributed by atoms with Crippen LogP contribution in [0.5, 0.6) is 0 Å². The van der Waals surface area contributed by atoms with Gasteiger partial charge in [0.05, 0.1) is 19.0 Å². The Balaban J connectivity index is 2.02. The number of imidazole rings is 1. The van der Waals surface area contributed by atoms with E-state index in [1.807, 2.05) is 0 Å². The minimum Gasteiger partial charge on any atom is -0.394 e. The van der Waals surface area contributed by atoms with E-state index in [9.17, 15) is 10.2 Å². The standard InChI is InChI=1S/C11H15N5O3/c12-10-8-11(14-4-13-10)16(5-15-8)6-1-2-19-7(3-17)9(6)18/h4-7,9,17-18H,1-3H2,(H2,12,13,14)/t6-,7+,9-/m0/s1. The number of ether oxygens (including phenoxy) is 1. The molecule has 0 saturated carbocycles. The molecule has 0 amide bonds. The maximum Gasteiger partial charge on any atom is 0.165 e. The first-order chi connectivity index (χ1) is 9.22. The van der Waals surface area contributed by atoms with Crippen LogP contribution in [0.25, 0.3) is 11.2 Å². The maximum absolute atomic E-state index is 10.2. The van der Waals surface area contributed by atoms with Crippen LogP contribution in [-0.4, -0.2) is 55.2 Å². The normalized spacial score (nSPS) is 27.8. The van der Waals surface area contributed by atoms with Crippen molar-refractivity contribution in [2.75, 3.05) is 18.9 Å². The van der Waals surface area contributed by atoms with Gasteiger partial charge in [-0.05, 0) is 6.42 Å². The van der Waals surface area contributed by atoms with Gasteiger partial charge in [-0.3, -0.25) is 0 Å². The SMILES string of the molecule is Nc1ncnc2c1ncn2[C@H]1CCO[C@H](CO)[C@H]1O. The second-order valence-electron chi connectivity index (χ2n) is 4.52. The molecule has 2 aromatic heterocycles. The number of anilines is 1. The van der Waals surface area contributed by atoms with Crippen LogP contribution < -0.4 is 5.73 Å². The van der Waals surface area contributed by atoms with E-state index in [4.69, 9.17) is 10.5 Å². The summed E-state index contributed by atoms with van der Waals surface area (Å²) in [7, 11) is 0. The van der Waals surface area contributed by atoms with E-state index in [-0.39, 0.29) is 12.6 Å². The number of aliphatic hydroxyl groups excluding tert-OH is 2. The molecule has 1 fully saturated rings. The minimum atomic E-state index is -0.813. The smallest absolute Gasteiger partial charge is 0.165 e. The molecular weight excluding hydrogens is 250 g/mol. The van der Waals surface area contributed by atoms with Gasteiger partial charge in [0.1, 0.15) is 24.1 Å². The third-order valence-electron chi connectivity index (χ3n) is 3.44. The molecule has 0 unspecified atom stereocenters. The average Bonchev–Trinajstić information content (AvgIpc) is 2.84. The van der Waals surface area contributed by atoms with Gasteiger partial charge >= 0.3 is 0 Å². The third kappa shape index (κ3) is 1.93. The molecule has 1 aliphatic rings. The van der Waals surface area contributed by atoms with Crippen LogP contribution >= 0.6 is 0 Å². The molecule has 19 heavy (non-hydrogen) atoms. The molecular formula is C11H15N5O3. The number of fused-ring (bicyclic) bond motifs is 1. The molecule has 1 aliphatic heterocycles. The maximum atomic E-state index is 10.2. The van der Waals surface area contributed by atoms with Gasteiger partial charge in [0.15, 0.2) is 11.5 Å². The molecule has 3 heterocycles. The Bertz CT molecular complexity index is 587. The summed E-state index contributed by atoms with van der Waals surface area (Å²) in [4.78, 5) is 12.2. The molecule has 1 saturated heterocycles. The second kappa shape index (κ2) is 4.72. The van der Waals surface area contributed by atoms with Crippen molar-refractivity contribution in [1.82, 2.24) is 19.5 Å². The van der Waals surface area contributed by atoms with Crippen LogP contribution in [0.2, 0.25) is 0 Å². The summed E-state index contributed by atoms with van der Waals surface area (Å²) in [5.74, 6) is 0.309. The van der Waals surface area contributed by atoms with E-state index >= 15 is 0 Å². The summed E-state index contributed by atoms with van der Waals surface area (Å²) in [5, 5.41) is 19.4. The Hall–Kier alpha value is -1.77. The monoisotopic (exact) mass is 265 g/mol. The lowest BCUT2D eigenvalue weighted by Gasteiger charge is -2.34. The molecule has 0 aromatic carbocycles. The van der Waals surface area contributed by atoms with Gasteiger partial charge in [-0.25, -0.2) is 15.0 Å². The lowest BCUT2D eigenvalue weighted by molar-refractivity contribution is -0.117. The number of nitrogen functional groups attached to an aromatic ring is 1. The summed E-state index contributed by atoms with van der Waals surface area (Å²) >= 11 is 0. The highest BCUT2D eigenvalue weighted by atomic mass is 16.5. The number of nitrogens with zero attached hydrogens (tertiary/aromatic N) is 4. The molecule has 3 rings (SSSR count). The number of nitrogens with two attached hydrogens (primary N) is 1. The van der Waals surface area contributed by atoms with Gasteiger partial charge in [0.25, 0.3) is 0 Å². The van der Waals surface area contributed by atoms with Crippen molar-refractivity contribution in [2.45, 2.75) is 24.7 Å². The largest absolute Gasteiger partial charge is 0.394 e. The van der Waals surface area contributed by atoms with Crippen LogP contribution in [0.4, 0.5) is 5.82 Å². The average molecular weight is 265 g/mol. The number of aromatic nitrogens is 4. The molecule has 3 atom stereocenters. The van der Waals surface area contributed by atoms with Crippen LogP contribution in [-0.2, 0) is 4.74 Å². The molecule has 8 heteroatoms. The highest BCUT2D eigenvalue weighted by molar-refractivity contribution is 5.81. The van der Waals surface area contributed by atoms with E-state index < -0.39 is 12.2 Å². The summed E-state index contributed by atoms with van der Waals surface area (Å²) in [5.41, 5.74) is 6.83. The predicted molar refractivity (Wildman–Crippen MR) is 66.2 cm³/mol. The number of hydrogen-bond donors (Lipinski definition) is 3. The first-order valence-corrected chi connectivity index (χ1v) is 6.06. The fourth-order valence-corrected chi connectivity index (χ4v) is 2.43. The number of aliphatic hydroxyl groups is 2. The van der Waals surface area contributed by atoms with Gasteiger partial charge in [-0.15, -0.1) is 0 Å². The van der Waals surface area contributed by atoms with Crippen molar-refractivity contribution in [1.29, 1.82) is 0 Å². The zero-order chi connectivity index (χ0) is 13.4. The summed E-state index contributed by atoms with van der Waals surface area (Å²) in [6, 6.07) is -0.245. The predicted octanol–water partition coefficient (Wildman–Crippen LogP) is -0.908. The van der Waals surface area contributed by atoms with E-state index in [0.29, 0.717) is 30.0 Å². The highest BCUT2D eigenvalue weighted by Crippen LogP contribution is 2.28. The first kappa shape index (κ1) is 12.3. The van der Waals surface area contributed by atoms with Crippen molar-refractivity contribution in [3.05, 3.63) is 12.7 Å². The van der Waals surface area contributed by atoms with Gasteiger partial charge in [0, 0.05) is 6.61 Å². The van der Waals surface area contributed by atoms with E-state index in [1.165, 1.54) is 6.33 Å². The van der Waals surface area contributed by atoms with Crippen LogP contribution in [0.15, 0.2) is 12.7 Å². The first-order valence-electron chi connectivity index (χ1n) is 6.06. The molecule has 0 radical (unpaired) electrons. The Kier molecular flexibility index (Phi) is 3.05. The lowest BCUT2D eigenvalue weighted by Crippen LogP contribution is -2.44. The quantitative estimate of drug-likeness (QED) is 0.643. The molecule has 0 aliphatic carbocycles. The number of hydrogen-bond acceptors (Lipinski definition) is 7. The van der Waals surface area contributed by atoms with Crippen LogP contribution in [0.1, 0.15) is 12.5 Å². The molecule has 102 valence electrons. The Labute approximate surface area is 108 Å². The van der Waals surface area contributed by atoms with Crippen molar-refractivity contribution in [3.8, 4) is 0 Å². The van der Waals surface area contributed by atoms with Crippen molar-refractivity contribution in [3.63, 3.8) is 0 Å². The van der Waals surface area contributed by atoms with Crippen molar-refractivity contribution in [2.24, 2.45) is 0 Å². The van der Waals surface area contributed by atoms with Gasteiger partial charge in [-0.1, -0.05) is 0 Å². The van der Waals surface area contributed by atoms with E-state index in [1.54, 1.807) is 10.9 Å². The fraction of sp³-hybridized carbons (Fsp3) is 0.545. The van der Waals surface area contributed by atoms with Crippen molar-refractivity contribution < 1.29 is 14.9 Å². The zero-order valence-electron chi connectivity index (χ0n) is 10.2. The van der Waals surface area contributed by atoms with Gasteiger partial charge in [-0.2, -0.15) is 0 Å². The van der Waals surface area contributed by atoms with Crippen LogP contribution in [0, 0.1) is 0 Å². The molecule has 0 bridgehead atoms. The third-order valence-corrected chi connectivity index (χ3v) is 3.44. The minimum absolute atomic E-state index is 0.221. The van der Waals surface area contributed by atoms with E-state index in [0.717, 1.165) is 0 Å². The summed E-state index contributed by atoms with van der Waals surface area (Å²) in [6.45, 7) is 0.245. The van der Waals surface area contributed by atoms with Gasteiger partial charge in [0.2, 0.25) is 0 Å². The molecule has 0 spiro atoms. The molecule has 2 aromatic rings. The Morgan fingerprint density at radius 3 is 3.05 bits per heavy atom. The molecule has 4 N–H and O–H groups in total. The second-order valence-corrected chi connectivity index (χ2v) is 4.52. The number of rotatable bonds is 2. The van der Waals surface area contributed by atoms with E-state index in [2.05, 4.69) is 15.0 Å². The molecule has 8 nitrogen and oxygen atoms in total. The summed E-state index contributed by atoms with van der Waals surface area (Å²) in [6.07, 6.45) is 2.17. The Morgan fingerprint density at radius 1 is 1.42 bits per heavy atom. The summed E-state index contributed by atoms with van der Waals surface area (Å²) < 4.78 is 7.08.